The van der Waals surface area contributed by atoms with Crippen molar-refractivity contribution in [1.29, 1.82) is 0 Å². The summed E-state index contributed by atoms with van der Waals surface area (Å²) in [6.07, 6.45) is 0. The maximum atomic E-state index is 5.65. The number of aliphatic imine (C=N–C) groups is 1. The smallest absolute Gasteiger partial charge is 0.191 e. The van der Waals surface area contributed by atoms with Gasteiger partial charge in [-0.25, -0.2) is 4.99 Å². The number of nitrogens with one attached hydrogen (secondary N) is 2. The third-order valence-corrected chi connectivity index (χ3v) is 4.18. The number of rotatable bonds is 11. The summed E-state index contributed by atoms with van der Waals surface area (Å²) in [7, 11) is 0. The van der Waals surface area contributed by atoms with E-state index in [1.807, 2.05) is 6.92 Å². The van der Waals surface area contributed by atoms with Gasteiger partial charge in [-0.05, 0) is 37.5 Å². The summed E-state index contributed by atoms with van der Waals surface area (Å²) < 4.78 is 10.9. The molecule has 2 aromatic rings. The minimum atomic E-state index is 0.594. The van der Waals surface area contributed by atoms with Gasteiger partial charge in [0.15, 0.2) is 5.96 Å². The van der Waals surface area contributed by atoms with E-state index in [2.05, 4.69) is 73.0 Å². The van der Waals surface area contributed by atoms with Crippen LogP contribution in [0.1, 0.15) is 36.1 Å². The molecule has 28 heavy (non-hydrogen) atoms. The summed E-state index contributed by atoms with van der Waals surface area (Å²) in [5.41, 5.74) is 4.83. The normalized spacial score (nSPS) is 11.5. The summed E-state index contributed by atoms with van der Waals surface area (Å²) in [5, 5.41) is 6.70. The Kier molecular flexibility index (Phi) is 10.1. The van der Waals surface area contributed by atoms with Crippen LogP contribution in [0.25, 0.3) is 0 Å². The molecule has 0 heterocycles. The maximum Gasteiger partial charge on any atom is 0.191 e. The van der Waals surface area contributed by atoms with Gasteiger partial charge in [-0.15, -0.1) is 0 Å². The van der Waals surface area contributed by atoms with Crippen LogP contribution in [0.2, 0.25) is 0 Å². The van der Waals surface area contributed by atoms with Gasteiger partial charge in [-0.1, -0.05) is 54.1 Å². The van der Waals surface area contributed by atoms with E-state index in [1.54, 1.807) is 0 Å². The lowest BCUT2D eigenvalue weighted by Crippen LogP contribution is -2.36. The van der Waals surface area contributed by atoms with Crippen molar-refractivity contribution in [1.82, 2.24) is 10.6 Å². The molecule has 2 N–H and O–H groups in total. The van der Waals surface area contributed by atoms with Gasteiger partial charge >= 0.3 is 0 Å². The lowest BCUT2D eigenvalue weighted by molar-refractivity contribution is 0.0453. The SMILES string of the molecule is CCNC(=NCc1cccc(COCCOCC)c1)NCc1ccc(C)cc1. The predicted octanol–water partition coefficient (Wildman–Crippen LogP) is 3.80. The highest BCUT2D eigenvalue weighted by atomic mass is 16.5. The first kappa shape index (κ1) is 21.9. The summed E-state index contributed by atoms with van der Waals surface area (Å²) in [5.74, 6) is 0.821. The molecule has 2 aromatic carbocycles. The highest BCUT2D eigenvalue weighted by Gasteiger charge is 2.00. The highest BCUT2D eigenvalue weighted by molar-refractivity contribution is 5.79. The molecule has 5 nitrogen and oxygen atoms in total. The molecule has 2 rings (SSSR count). The first-order chi connectivity index (χ1) is 13.7. The van der Waals surface area contributed by atoms with Crippen LogP contribution >= 0.6 is 0 Å². The van der Waals surface area contributed by atoms with E-state index in [9.17, 15) is 0 Å². The van der Waals surface area contributed by atoms with Crippen LogP contribution in [0.3, 0.4) is 0 Å². The molecule has 0 amide bonds. The number of nitrogens with zero attached hydrogens (tertiary/aromatic N) is 1. The number of hydrogen-bond donors (Lipinski definition) is 2. The molecule has 0 saturated carbocycles. The fourth-order valence-electron chi connectivity index (χ4n) is 2.67. The summed E-state index contributed by atoms with van der Waals surface area (Å²) in [4.78, 5) is 4.71. The Bertz CT molecular complexity index is 714. The molecule has 0 spiro atoms. The zero-order valence-corrected chi connectivity index (χ0v) is 17.3. The number of aryl methyl sites for hydroxylation is 1. The third kappa shape index (κ3) is 8.55. The van der Waals surface area contributed by atoms with Crippen LogP contribution in [0.5, 0.6) is 0 Å². The Balaban J connectivity index is 1.87. The van der Waals surface area contributed by atoms with Crippen LogP contribution in [0, 0.1) is 6.92 Å². The zero-order chi connectivity index (χ0) is 20.0. The number of benzene rings is 2. The van der Waals surface area contributed by atoms with Gasteiger partial charge in [-0.2, -0.15) is 0 Å². The monoisotopic (exact) mass is 383 g/mol. The molecular weight excluding hydrogens is 350 g/mol. The summed E-state index contributed by atoms with van der Waals surface area (Å²) in [6, 6.07) is 16.9. The Hall–Kier alpha value is -2.37. The van der Waals surface area contributed by atoms with E-state index >= 15 is 0 Å². The van der Waals surface area contributed by atoms with E-state index < -0.39 is 0 Å². The van der Waals surface area contributed by atoms with E-state index in [-0.39, 0.29) is 0 Å². The van der Waals surface area contributed by atoms with Crippen LogP contribution in [-0.4, -0.2) is 32.3 Å². The van der Waals surface area contributed by atoms with Crippen LogP contribution in [0.4, 0.5) is 0 Å². The predicted molar refractivity (Wildman–Crippen MR) is 115 cm³/mol. The van der Waals surface area contributed by atoms with Gasteiger partial charge < -0.3 is 20.1 Å². The zero-order valence-electron chi connectivity index (χ0n) is 17.3. The second-order valence-corrected chi connectivity index (χ2v) is 6.60. The van der Waals surface area contributed by atoms with Crippen molar-refractivity contribution in [2.75, 3.05) is 26.4 Å². The maximum absolute atomic E-state index is 5.65. The fraction of sp³-hybridized carbons (Fsp3) is 0.435. The van der Waals surface area contributed by atoms with Gasteiger partial charge in [-0.3, -0.25) is 0 Å². The lowest BCUT2D eigenvalue weighted by atomic mass is 10.1. The molecule has 0 aromatic heterocycles. The largest absolute Gasteiger partial charge is 0.379 e. The fourth-order valence-corrected chi connectivity index (χ4v) is 2.67. The van der Waals surface area contributed by atoms with E-state index in [0.717, 1.165) is 31.2 Å². The minimum Gasteiger partial charge on any atom is -0.379 e. The van der Waals surface area contributed by atoms with Crippen molar-refractivity contribution in [3.63, 3.8) is 0 Å². The molecule has 0 atom stereocenters. The van der Waals surface area contributed by atoms with Crippen LogP contribution < -0.4 is 10.6 Å². The van der Waals surface area contributed by atoms with Gasteiger partial charge in [0.25, 0.3) is 0 Å². The van der Waals surface area contributed by atoms with Crippen molar-refractivity contribution in [3.8, 4) is 0 Å². The highest BCUT2D eigenvalue weighted by Crippen LogP contribution is 2.08. The summed E-state index contributed by atoms with van der Waals surface area (Å²) >= 11 is 0. The van der Waals surface area contributed by atoms with Crippen LogP contribution in [0.15, 0.2) is 53.5 Å². The number of hydrogen-bond acceptors (Lipinski definition) is 3. The quantitative estimate of drug-likeness (QED) is 0.352. The molecule has 0 unspecified atom stereocenters. The number of ether oxygens (including phenoxy) is 2. The Morgan fingerprint density at radius 1 is 0.893 bits per heavy atom. The molecule has 152 valence electrons. The first-order valence-electron chi connectivity index (χ1n) is 10.0. The Morgan fingerprint density at radius 2 is 1.64 bits per heavy atom. The van der Waals surface area contributed by atoms with Gasteiger partial charge in [0.2, 0.25) is 0 Å². The minimum absolute atomic E-state index is 0.594. The van der Waals surface area contributed by atoms with Crippen molar-refractivity contribution >= 4 is 5.96 Å². The molecule has 0 radical (unpaired) electrons. The molecule has 5 heteroatoms. The third-order valence-electron chi connectivity index (χ3n) is 4.18. The van der Waals surface area contributed by atoms with Gasteiger partial charge in [0.1, 0.15) is 0 Å². The second-order valence-electron chi connectivity index (χ2n) is 6.60. The summed E-state index contributed by atoms with van der Waals surface area (Å²) in [6.45, 7) is 10.9. The van der Waals surface area contributed by atoms with Crippen molar-refractivity contribution in [2.45, 2.75) is 40.5 Å². The molecule has 0 aliphatic carbocycles. The average Bonchev–Trinajstić information content (AvgIpc) is 2.71. The average molecular weight is 384 g/mol. The molecular formula is C23H33N3O2. The Labute approximate surface area is 169 Å². The number of guanidine groups is 1. The molecule has 0 aliphatic heterocycles. The molecule has 0 saturated heterocycles. The van der Waals surface area contributed by atoms with Gasteiger partial charge in [0.05, 0.1) is 26.4 Å². The Morgan fingerprint density at radius 3 is 2.39 bits per heavy atom. The topological polar surface area (TPSA) is 54.9 Å². The standard InChI is InChI=1S/C23H33N3O2/c1-4-24-23(25-16-20-11-9-19(3)10-12-20)26-17-21-7-6-8-22(15-21)18-28-14-13-27-5-2/h6-12,15H,4-5,13-14,16-18H2,1-3H3,(H2,24,25,26). The van der Waals surface area contributed by atoms with E-state index in [4.69, 9.17) is 14.5 Å². The molecule has 0 bridgehead atoms. The van der Waals surface area contributed by atoms with E-state index in [1.165, 1.54) is 16.7 Å². The second kappa shape index (κ2) is 12.9. The first-order valence-corrected chi connectivity index (χ1v) is 10.0. The van der Waals surface area contributed by atoms with Crippen LogP contribution in [-0.2, 0) is 29.2 Å². The molecule has 0 aliphatic rings. The van der Waals surface area contributed by atoms with E-state index in [0.29, 0.717) is 26.4 Å². The lowest BCUT2D eigenvalue weighted by Gasteiger charge is -2.12. The van der Waals surface area contributed by atoms with Crippen molar-refractivity contribution in [3.05, 3.63) is 70.8 Å². The molecule has 0 fully saturated rings. The van der Waals surface area contributed by atoms with Gasteiger partial charge in [0, 0.05) is 19.7 Å². The van der Waals surface area contributed by atoms with Crippen molar-refractivity contribution < 1.29 is 9.47 Å². The van der Waals surface area contributed by atoms with Crippen molar-refractivity contribution in [2.24, 2.45) is 4.99 Å².